The van der Waals surface area contributed by atoms with E-state index in [9.17, 15) is 4.79 Å². The normalized spacial score (nSPS) is 9.95. The lowest BCUT2D eigenvalue weighted by Gasteiger charge is -2.10. The standard InChI is InChI=1S/C16H18N2O3/c1-21-15-5-3-2-4-12(15)10-11-17-16(20)18-13-6-8-14(19)9-7-13/h2-9,19H,10-11H2,1H3,(H2,17,18,20). The Hall–Kier alpha value is -2.69. The molecule has 2 amide bonds. The number of methoxy groups -OCH3 is 1. The van der Waals surface area contributed by atoms with Gasteiger partial charge in [-0.25, -0.2) is 4.79 Å². The van der Waals surface area contributed by atoms with Crippen molar-refractivity contribution in [3.8, 4) is 11.5 Å². The molecule has 2 aromatic carbocycles. The Morgan fingerprint density at radius 1 is 1.14 bits per heavy atom. The van der Waals surface area contributed by atoms with E-state index in [0.29, 0.717) is 18.7 Å². The highest BCUT2D eigenvalue weighted by atomic mass is 16.5. The summed E-state index contributed by atoms with van der Waals surface area (Å²) in [6.07, 6.45) is 0.688. The van der Waals surface area contributed by atoms with Crippen molar-refractivity contribution in [3.05, 3.63) is 54.1 Å². The molecule has 0 aromatic heterocycles. The monoisotopic (exact) mass is 286 g/mol. The van der Waals surface area contributed by atoms with Crippen LogP contribution in [0.15, 0.2) is 48.5 Å². The Kier molecular flexibility index (Phi) is 5.04. The average molecular weight is 286 g/mol. The molecule has 2 rings (SSSR count). The number of hydrogen-bond acceptors (Lipinski definition) is 3. The van der Waals surface area contributed by atoms with Crippen LogP contribution in [0.3, 0.4) is 0 Å². The third kappa shape index (κ3) is 4.42. The molecule has 2 aromatic rings. The molecule has 21 heavy (non-hydrogen) atoms. The number of nitrogens with one attached hydrogen (secondary N) is 2. The van der Waals surface area contributed by atoms with E-state index in [1.165, 1.54) is 12.1 Å². The zero-order valence-electron chi connectivity index (χ0n) is 11.8. The van der Waals surface area contributed by atoms with E-state index in [1.54, 1.807) is 19.2 Å². The number of ether oxygens (including phenoxy) is 1. The summed E-state index contributed by atoms with van der Waals surface area (Å²) >= 11 is 0. The number of para-hydroxylation sites is 1. The molecule has 110 valence electrons. The number of phenolic OH excluding ortho intramolecular Hbond substituents is 1. The van der Waals surface area contributed by atoms with Crippen molar-refractivity contribution in [1.82, 2.24) is 5.32 Å². The average Bonchev–Trinajstić information content (AvgIpc) is 2.50. The van der Waals surface area contributed by atoms with Gasteiger partial charge in [-0.05, 0) is 42.3 Å². The lowest BCUT2D eigenvalue weighted by atomic mass is 10.1. The minimum absolute atomic E-state index is 0.164. The molecule has 0 saturated carbocycles. The first-order valence-electron chi connectivity index (χ1n) is 6.65. The topological polar surface area (TPSA) is 70.6 Å². The quantitative estimate of drug-likeness (QED) is 0.740. The first-order chi connectivity index (χ1) is 10.2. The fourth-order valence-corrected chi connectivity index (χ4v) is 1.94. The van der Waals surface area contributed by atoms with Crippen LogP contribution in [0, 0.1) is 0 Å². The minimum Gasteiger partial charge on any atom is -0.508 e. The molecular weight excluding hydrogens is 268 g/mol. The van der Waals surface area contributed by atoms with Gasteiger partial charge in [-0.3, -0.25) is 0 Å². The van der Waals surface area contributed by atoms with Gasteiger partial charge in [0, 0.05) is 12.2 Å². The molecule has 0 bridgehead atoms. The highest BCUT2D eigenvalue weighted by molar-refractivity contribution is 5.89. The maximum Gasteiger partial charge on any atom is 0.319 e. The van der Waals surface area contributed by atoms with Crippen LogP contribution in [0.5, 0.6) is 11.5 Å². The van der Waals surface area contributed by atoms with E-state index in [2.05, 4.69) is 10.6 Å². The molecule has 0 unspecified atom stereocenters. The molecular formula is C16H18N2O3. The zero-order valence-corrected chi connectivity index (χ0v) is 11.8. The van der Waals surface area contributed by atoms with E-state index in [4.69, 9.17) is 9.84 Å². The van der Waals surface area contributed by atoms with Gasteiger partial charge in [-0.15, -0.1) is 0 Å². The second-order valence-corrected chi connectivity index (χ2v) is 4.49. The van der Waals surface area contributed by atoms with E-state index >= 15 is 0 Å². The summed E-state index contributed by atoms with van der Waals surface area (Å²) in [5.74, 6) is 0.982. The largest absolute Gasteiger partial charge is 0.508 e. The van der Waals surface area contributed by atoms with Gasteiger partial charge in [0.15, 0.2) is 0 Å². The Morgan fingerprint density at radius 3 is 2.57 bits per heavy atom. The number of carbonyl (C=O) groups is 1. The van der Waals surface area contributed by atoms with Crippen molar-refractivity contribution in [2.45, 2.75) is 6.42 Å². The fraction of sp³-hybridized carbons (Fsp3) is 0.188. The maximum atomic E-state index is 11.7. The third-order valence-electron chi connectivity index (χ3n) is 3.00. The lowest BCUT2D eigenvalue weighted by Crippen LogP contribution is -2.30. The SMILES string of the molecule is COc1ccccc1CCNC(=O)Nc1ccc(O)cc1. The Labute approximate surface area is 123 Å². The van der Waals surface area contributed by atoms with Gasteiger partial charge >= 0.3 is 6.03 Å². The number of carbonyl (C=O) groups excluding carboxylic acids is 1. The molecule has 0 aliphatic rings. The van der Waals surface area contributed by atoms with Gasteiger partial charge < -0.3 is 20.5 Å². The summed E-state index contributed by atoms with van der Waals surface area (Å²) < 4.78 is 5.26. The summed E-state index contributed by atoms with van der Waals surface area (Å²) in [5.41, 5.74) is 1.67. The van der Waals surface area contributed by atoms with Gasteiger partial charge in [0.2, 0.25) is 0 Å². The Bertz CT molecular complexity index is 597. The minimum atomic E-state index is -0.282. The molecule has 0 heterocycles. The number of aromatic hydroxyl groups is 1. The van der Waals surface area contributed by atoms with Crippen LogP contribution < -0.4 is 15.4 Å². The molecule has 0 spiro atoms. The van der Waals surface area contributed by atoms with Crippen LogP contribution in [0.1, 0.15) is 5.56 Å². The Morgan fingerprint density at radius 2 is 1.86 bits per heavy atom. The fourth-order valence-electron chi connectivity index (χ4n) is 1.94. The number of rotatable bonds is 5. The summed E-state index contributed by atoms with van der Waals surface area (Å²) in [5, 5.41) is 14.6. The van der Waals surface area contributed by atoms with Gasteiger partial charge in [-0.2, -0.15) is 0 Å². The van der Waals surface area contributed by atoms with Crippen LogP contribution in [0.2, 0.25) is 0 Å². The van der Waals surface area contributed by atoms with Crippen LogP contribution in [0.4, 0.5) is 10.5 Å². The molecule has 0 radical (unpaired) electrons. The second-order valence-electron chi connectivity index (χ2n) is 4.49. The number of phenols is 1. The van der Waals surface area contributed by atoms with Crippen molar-refractivity contribution >= 4 is 11.7 Å². The zero-order chi connectivity index (χ0) is 15.1. The molecule has 0 aliphatic carbocycles. The lowest BCUT2D eigenvalue weighted by molar-refractivity contribution is 0.252. The number of anilines is 1. The van der Waals surface area contributed by atoms with E-state index in [0.717, 1.165) is 11.3 Å². The van der Waals surface area contributed by atoms with Gasteiger partial charge in [0.1, 0.15) is 11.5 Å². The maximum absolute atomic E-state index is 11.7. The van der Waals surface area contributed by atoms with Crippen LogP contribution >= 0.6 is 0 Å². The summed E-state index contributed by atoms with van der Waals surface area (Å²) in [6.45, 7) is 0.504. The summed E-state index contributed by atoms with van der Waals surface area (Å²) in [6, 6.07) is 13.7. The van der Waals surface area contributed by atoms with E-state index in [1.807, 2.05) is 24.3 Å². The molecule has 0 saturated heterocycles. The van der Waals surface area contributed by atoms with Gasteiger partial charge in [0.25, 0.3) is 0 Å². The Balaban J connectivity index is 1.80. The van der Waals surface area contributed by atoms with Crippen LogP contribution in [-0.2, 0) is 6.42 Å². The molecule has 5 heteroatoms. The molecule has 0 fully saturated rings. The summed E-state index contributed by atoms with van der Waals surface area (Å²) in [7, 11) is 1.63. The van der Waals surface area contributed by atoms with Crippen LogP contribution in [0.25, 0.3) is 0 Å². The number of hydrogen-bond donors (Lipinski definition) is 3. The smallest absolute Gasteiger partial charge is 0.319 e. The van der Waals surface area contributed by atoms with E-state index in [-0.39, 0.29) is 11.8 Å². The predicted octanol–water partition coefficient (Wildman–Crippen LogP) is 2.76. The molecule has 0 atom stereocenters. The van der Waals surface area contributed by atoms with Crippen molar-refractivity contribution in [2.75, 3.05) is 19.0 Å². The van der Waals surface area contributed by atoms with E-state index < -0.39 is 0 Å². The van der Waals surface area contributed by atoms with Crippen LogP contribution in [-0.4, -0.2) is 24.8 Å². The molecule has 5 nitrogen and oxygen atoms in total. The first-order valence-corrected chi connectivity index (χ1v) is 6.65. The number of urea groups is 1. The highest BCUT2D eigenvalue weighted by Crippen LogP contribution is 2.17. The molecule has 3 N–H and O–H groups in total. The third-order valence-corrected chi connectivity index (χ3v) is 3.00. The first kappa shape index (κ1) is 14.7. The van der Waals surface area contributed by atoms with Crippen molar-refractivity contribution in [2.24, 2.45) is 0 Å². The summed E-state index contributed by atoms with van der Waals surface area (Å²) in [4.78, 5) is 11.7. The predicted molar refractivity (Wildman–Crippen MR) is 81.8 cm³/mol. The molecule has 0 aliphatic heterocycles. The second kappa shape index (κ2) is 7.19. The van der Waals surface area contributed by atoms with Crippen molar-refractivity contribution in [3.63, 3.8) is 0 Å². The van der Waals surface area contributed by atoms with Crippen molar-refractivity contribution in [1.29, 1.82) is 0 Å². The number of benzene rings is 2. The van der Waals surface area contributed by atoms with Crippen molar-refractivity contribution < 1.29 is 14.6 Å². The van der Waals surface area contributed by atoms with Gasteiger partial charge in [0.05, 0.1) is 7.11 Å². The highest BCUT2D eigenvalue weighted by Gasteiger charge is 2.04. The number of amides is 2. The van der Waals surface area contributed by atoms with Gasteiger partial charge in [-0.1, -0.05) is 18.2 Å².